The van der Waals surface area contributed by atoms with Crippen molar-refractivity contribution in [2.75, 3.05) is 5.32 Å². The van der Waals surface area contributed by atoms with Crippen LogP contribution in [0.3, 0.4) is 0 Å². The molecule has 0 radical (unpaired) electrons. The Bertz CT molecular complexity index is 728. The molecule has 1 unspecified atom stereocenters. The first kappa shape index (κ1) is 13.9. The number of aryl methyl sites for hydroxylation is 2. The number of amides is 1. The maximum absolute atomic E-state index is 12.0. The largest absolute Gasteiger partial charge is 0.466 e. The number of hydrogen-bond acceptors (Lipinski definition) is 3. The second-order valence-electron chi connectivity index (χ2n) is 6.23. The van der Waals surface area contributed by atoms with Crippen molar-refractivity contribution >= 4 is 11.6 Å². The highest BCUT2D eigenvalue weighted by Gasteiger charge is 2.38. The van der Waals surface area contributed by atoms with Gasteiger partial charge in [-0.05, 0) is 51.0 Å². The van der Waals surface area contributed by atoms with E-state index in [1.165, 1.54) is 0 Å². The highest BCUT2D eigenvalue weighted by atomic mass is 16.3. The van der Waals surface area contributed by atoms with E-state index >= 15 is 0 Å². The Balaban J connectivity index is 2.04. The molecule has 3 rings (SSSR count). The molecule has 0 saturated carbocycles. The molecule has 2 aromatic rings. The summed E-state index contributed by atoms with van der Waals surface area (Å²) in [7, 11) is 0. The molecule has 110 valence electrons. The lowest BCUT2D eigenvalue weighted by Gasteiger charge is -2.18. The Hall–Kier alpha value is -2.07. The number of carbonyl (C=O) groups excluding carboxylic acids is 1. The van der Waals surface area contributed by atoms with Gasteiger partial charge in [0.15, 0.2) is 0 Å². The van der Waals surface area contributed by atoms with E-state index in [0.29, 0.717) is 0 Å². The fourth-order valence-electron chi connectivity index (χ4n) is 2.92. The number of fused-ring (bicyclic) bond motifs is 1. The number of anilines is 1. The van der Waals surface area contributed by atoms with Gasteiger partial charge in [-0.1, -0.05) is 12.1 Å². The van der Waals surface area contributed by atoms with E-state index in [1.54, 1.807) is 0 Å². The van der Waals surface area contributed by atoms with Crippen molar-refractivity contribution in [1.29, 1.82) is 0 Å². The standard InChI is InChI=1S/C17H20N2O2/c1-9-7-12(10(2)21-9)15(18)11-5-6-14-13(8-11)17(3,4)16(20)19-14/h5-8,15H,18H2,1-4H3,(H,19,20). The number of carbonyl (C=O) groups is 1. The molecule has 0 fully saturated rings. The summed E-state index contributed by atoms with van der Waals surface area (Å²) in [5.74, 6) is 1.73. The van der Waals surface area contributed by atoms with E-state index in [-0.39, 0.29) is 11.9 Å². The van der Waals surface area contributed by atoms with Crippen molar-refractivity contribution in [1.82, 2.24) is 0 Å². The summed E-state index contributed by atoms with van der Waals surface area (Å²) in [4.78, 5) is 12.0. The van der Waals surface area contributed by atoms with Crippen molar-refractivity contribution in [2.24, 2.45) is 5.73 Å². The van der Waals surface area contributed by atoms with Crippen molar-refractivity contribution in [3.8, 4) is 0 Å². The van der Waals surface area contributed by atoms with Crippen LogP contribution in [0.1, 0.15) is 48.1 Å². The van der Waals surface area contributed by atoms with Gasteiger partial charge in [-0.15, -0.1) is 0 Å². The van der Waals surface area contributed by atoms with Crippen molar-refractivity contribution in [2.45, 2.75) is 39.2 Å². The molecular weight excluding hydrogens is 264 g/mol. The summed E-state index contributed by atoms with van der Waals surface area (Å²) in [6, 6.07) is 7.65. The number of nitrogens with one attached hydrogen (secondary N) is 1. The zero-order valence-electron chi connectivity index (χ0n) is 12.8. The summed E-state index contributed by atoms with van der Waals surface area (Å²) >= 11 is 0. The molecule has 1 aliphatic heterocycles. The molecule has 1 amide bonds. The Labute approximate surface area is 124 Å². The molecule has 0 aliphatic carbocycles. The fourth-order valence-corrected chi connectivity index (χ4v) is 2.92. The van der Waals surface area contributed by atoms with Gasteiger partial charge in [-0.25, -0.2) is 0 Å². The maximum atomic E-state index is 12.0. The van der Waals surface area contributed by atoms with Crippen LogP contribution >= 0.6 is 0 Å². The maximum Gasteiger partial charge on any atom is 0.234 e. The van der Waals surface area contributed by atoms with E-state index in [4.69, 9.17) is 10.2 Å². The van der Waals surface area contributed by atoms with Gasteiger partial charge < -0.3 is 15.5 Å². The summed E-state index contributed by atoms with van der Waals surface area (Å²) in [5, 5.41) is 2.91. The van der Waals surface area contributed by atoms with E-state index < -0.39 is 5.41 Å². The molecule has 0 bridgehead atoms. The molecule has 2 heterocycles. The normalized spacial score (nSPS) is 17.5. The van der Waals surface area contributed by atoms with Gasteiger partial charge >= 0.3 is 0 Å². The highest BCUT2D eigenvalue weighted by Crippen LogP contribution is 2.39. The highest BCUT2D eigenvalue weighted by molar-refractivity contribution is 6.05. The van der Waals surface area contributed by atoms with Crippen LogP contribution in [0, 0.1) is 13.8 Å². The minimum atomic E-state index is -0.521. The fraction of sp³-hybridized carbons (Fsp3) is 0.353. The molecular formula is C17H20N2O2. The van der Waals surface area contributed by atoms with E-state index in [9.17, 15) is 4.79 Å². The van der Waals surface area contributed by atoms with E-state index in [2.05, 4.69) is 5.32 Å². The molecule has 4 nitrogen and oxygen atoms in total. The second-order valence-corrected chi connectivity index (χ2v) is 6.23. The summed E-state index contributed by atoms with van der Waals surface area (Å²) in [6.07, 6.45) is 0. The van der Waals surface area contributed by atoms with Gasteiger partial charge in [-0.2, -0.15) is 0 Å². The van der Waals surface area contributed by atoms with Crippen LogP contribution in [0.25, 0.3) is 0 Å². The van der Waals surface area contributed by atoms with Crippen LogP contribution in [-0.4, -0.2) is 5.91 Å². The molecule has 3 N–H and O–H groups in total. The van der Waals surface area contributed by atoms with Crippen molar-refractivity contribution in [3.63, 3.8) is 0 Å². The van der Waals surface area contributed by atoms with Gasteiger partial charge in [-0.3, -0.25) is 4.79 Å². The molecule has 4 heteroatoms. The van der Waals surface area contributed by atoms with Crippen LogP contribution in [0.4, 0.5) is 5.69 Å². The van der Waals surface area contributed by atoms with Gasteiger partial charge in [0.25, 0.3) is 0 Å². The zero-order valence-corrected chi connectivity index (χ0v) is 12.8. The number of rotatable bonds is 2. The van der Waals surface area contributed by atoms with Gasteiger partial charge in [0.2, 0.25) is 5.91 Å². The average molecular weight is 284 g/mol. The molecule has 1 aromatic heterocycles. The molecule has 1 aliphatic rings. The smallest absolute Gasteiger partial charge is 0.234 e. The summed E-state index contributed by atoms with van der Waals surface area (Å²) in [6.45, 7) is 7.69. The van der Waals surface area contributed by atoms with Crippen LogP contribution < -0.4 is 11.1 Å². The topological polar surface area (TPSA) is 68.3 Å². The van der Waals surface area contributed by atoms with Gasteiger partial charge in [0, 0.05) is 11.3 Å². The Morgan fingerprint density at radius 2 is 1.95 bits per heavy atom. The number of hydrogen-bond donors (Lipinski definition) is 2. The third-order valence-corrected chi connectivity index (χ3v) is 4.31. The molecule has 21 heavy (non-hydrogen) atoms. The molecule has 0 spiro atoms. The first-order valence-corrected chi connectivity index (χ1v) is 7.09. The average Bonchev–Trinajstić information content (AvgIpc) is 2.87. The lowest BCUT2D eigenvalue weighted by atomic mass is 9.84. The zero-order chi connectivity index (χ0) is 15.4. The Kier molecular flexibility index (Phi) is 2.95. The van der Waals surface area contributed by atoms with Crippen molar-refractivity contribution in [3.05, 3.63) is 52.5 Å². The predicted octanol–water partition coefficient (Wildman–Crippen LogP) is 3.17. The van der Waals surface area contributed by atoms with Crippen LogP contribution in [-0.2, 0) is 10.2 Å². The summed E-state index contributed by atoms with van der Waals surface area (Å²) < 4.78 is 5.56. The Morgan fingerprint density at radius 1 is 1.24 bits per heavy atom. The van der Waals surface area contributed by atoms with E-state index in [1.807, 2.05) is 52.0 Å². The molecule has 1 atom stereocenters. The van der Waals surface area contributed by atoms with E-state index in [0.717, 1.165) is 33.9 Å². The number of nitrogens with two attached hydrogens (primary N) is 1. The SMILES string of the molecule is Cc1cc(C(N)c2ccc3c(c2)C(C)(C)C(=O)N3)c(C)o1. The minimum absolute atomic E-state index is 0.0264. The molecule has 1 aromatic carbocycles. The molecule has 0 saturated heterocycles. The summed E-state index contributed by atoms with van der Waals surface area (Å²) in [5.41, 5.74) is 9.71. The number of benzene rings is 1. The first-order valence-electron chi connectivity index (χ1n) is 7.09. The quantitative estimate of drug-likeness (QED) is 0.890. The first-order chi connectivity index (χ1) is 9.80. The predicted molar refractivity (Wildman–Crippen MR) is 82.3 cm³/mol. The van der Waals surface area contributed by atoms with Crippen molar-refractivity contribution < 1.29 is 9.21 Å². The number of furan rings is 1. The van der Waals surface area contributed by atoms with Gasteiger partial charge in [0.1, 0.15) is 11.5 Å². The Morgan fingerprint density at radius 3 is 2.57 bits per heavy atom. The lowest BCUT2D eigenvalue weighted by molar-refractivity contribution is -0.119. The second kappa shape index (κ2) is 4.46. The van der Waals surface area contributed by atoms with Crippen LogP contribution in [0.5, 0.6) is 0 Å². The monoisotopic (exact) mass is 284 g/mol. The third kappa shape index (κ3) is 2.07. The van der Waals surface area contributed by atoms with Gasteiger partial charge in [0.05, 0.1) is 11.5 Å². The van der Waals surface area contributed by atoms with Crippen LogP contribution in [0.2, 0.25) is 0 Å². The van der Waals surface area contributed by atoms with Crippen LogP contribution in [0.15, 0.2) is 28.7 Å². The minimum Gasteiger partial charge on any atom is -0.466 e. The third-order valence-electron chi connectivity index (χ3n) is 4.31. The lowest BCUT2D eigenvalue weighted by Crippen LogP contribution is -2.27.